The Bertz CT molecular complexity index is 617. The lowest BCUT2D eigenvalue weighted by molar-refractivity contribution is -0.116. The van der Waals surface area contributed by atoms with Crippen LogP contribution < -0.4 is 10.8 Å². The fourth-order valence-electron chi connectivity index (χ4n) is 1.92. The second kappa shape index (κ2) is 13.5. The van der Waals surface area contributed by atoms with E-state index in [4.69, 9.17) is 10.0 Å². The van der Waals surface area contributed by atoms with Crippen LogP contribution in [0.1, 0.15) is 37.6 Å². The second-order valence-electron chi connectivity index (χ2n) is 4.89. The van der Waals surface area contributed by atoms with Gasteiger partial charge in [0.25, 0.3) is 5.91 Å². The minimum absolute atomic E-state index is 0.181. The number of hydroxylamine groups is 1. The molecule has 2 aromatic rings. The number of carbonyl (C=O) groups is 2. The van der Waals surface area contributed by atoms with Crippen molar-refractivity contribution in [3.8, 4) is 5.69 Å². The standard InChI is InChI=1S/C15H16F2N2O.C2H6.CH3NO2/c1-11(10-14(16)17)18-15(20)12-4-6-13(7-5-12)19-8-2-3-9-19;1-2;3-1-2-4/h2-9,11,14H,10H2,1H3,(H,18,20);1-2H3;1,4H,(H,2,3). The average Bonchev–Trinajstić information content (AvgIpc) is 3.17. The number of aromatic nitrogens is 1. The van der Waals surface area contributed by atoms with Crippen molar-refractivity contribution >= 4 is 12.3 Å². The topological polar surface area (TPSA) is 83.4 Å². The van der Waals surface area contributed by atoms with Crippen LogP contribution in [0, 0.1) is 0 Å². The second-order valence-corrected chi connectivity index (χ2v) is 4.89. The maximum absolute atomic E-state index is 12.2. The van der Waals surface area contributed by atoms with Crippen LogP contribution >= 0.6 is 0 Å². The number of nitrogens with zero attached hydrogens (tertiary/aromatic N) is 1. The predicted molar refractivity (Wildman–Crippen MR) is 95.7 cm³/mol. The zero-order chi connectivity index (χ0) is 19.9. The monoisotopic (exact) mass is 369 g/mol. The smallest absolute Gasteiger partial charge is 0.251 e. The van der Waals surface area contributed by atoms with Gasteiger partial charge in [-0.15, -0.1) is 0 Å². The van der Waals surface area contributed by atoms with Crippen LogP contribution in [0.25, 0.3) is 5.69 Å². The first-order chi connectivity index (χ1) is 12.5. The normalized spacial score (nSPS) is 10.6. The first kappa shape index (κ1) is 23.3. The summed E-state index contributed by atoms with van der Waals surface area (Å²) in [5.41, 5.74) is 2.65. The summed E-state index contributed by atoms with van der Waals surface area (Å²) in [6, 6.07) is 10.3. The van der Waals surface area contributed by atoms with E-state index in [9.17, 15) is 13.6 Å². The molecule has 0 radical (unpaired) electrons. The summed E-state index contributed by atoms with van der Waals surface area (Å²) in [5.74, 6) is -0.336. The SMILES string of the molecule is CC.CC(CC(F)F)NC(=O)c1ccc(-n2cccc2)cc1.O=CNO. The molecule has 0 spiro atoms. The summed E-state index contributed by atoms with van der Waals surface area (Å²) >= 11 is 0. The van der Waals surface area contributed by atoms with Gasteiger partial charge in [0.1, 0.15) is 0 Å². The number of alkyl halides is 2. The van der Waals surface area contributed by atoms with Crippen molar-refractivity contribution in [2.24, 2.45) is 0 Å². The van der Waals surface area contributed by atoms with Gasteiger partial charge in [-0.1, -0.05) is 13.8 Å². The molecule has 144 valence electrons. The van der Waals surface area contributed by atoms with Crippen molar-refractivity contribution in [1.82, 2.24) is 15.4 Å². The summed E-state index contributed by atoms with van der Waals surface area (Å²) in [6.45, 7) is 5.57. The number of nitrogens with one attached hydrogen (secondary N) is 2. The molecule has 0 fully saturated rings. The van der Waals surface area contributed by atoms with E-state index >= 15 is 0 Å². The van der Waals surface area contributed by atoms with Crippen molar-refractivity contribution in [2.75, 3.05) is 0 Å². The third-order valence-electron chi connectivity index (χ3n) is 2.99. The Morgan fingerprint density at radius 3 is 2.12 bits per heavy atom. The van der Waals surface area contributed by atoms with Crippen molar-refractivity contribution in [3.05, 3.63) is 54.4 Å². The van der Waals surface area contributed by atoms with E-state index in [1.165, 1.54) is 5.48 Å². The van der Waals surface area contributed by atoms with Gasteiger partial charge in [-0.05, 0) is 43.3 Å². The molecule has 0 aliphatic heterocycles. The van der Waals surface area contributed by atoms with Gasteiger partial charge in [-0.2, -0.15) is 0 Å². The molecule has 1 aromatic heterocycles. The maximum atomic E-state index is 12.2. The Kier molecular flexibility index (Phi) is 12.1. The summed E-state index contributed by atoms with van der Waals surface area (Å²) < 4.78 is 26.3. The zero-order valence-corrected chi connectivity index (χ0v) is 15.0. The molecule has 1 unspecified atom stereocenters. The molecule has 1 atom stereocenters. The lowest BCUT2D eigenvalue weighted by Gasteiger charge is -2.13. The molecule has 0 saturated carbocycles. The molecule has 0 aliphatic carbocycles. The lowest BCUT2D eigenvalue weighted by Crippen LogP contribution is -2.33. The molecule has 0 bridgehead atoms. The highest BCUT2D eigenvalue weighted by molar-refractivity contribution is 5.94. The van der Waals surface area contributed by atoms with E-state index < -0.39 is 12.5 Å². The number of amides is 2. The molecule has 26 heavy (non-hydrogen) atoms. The molecule has 2 rings (SSSR count). The van der Waals surface area contributed by atoms with E-state index in [-0.39, 0.29) is 18.7 Å². The molecule has 8 heteroatoms. The Morgan fingerprint density at radius 2 is 1.69 bits per heavy atom. The van der Waals surface area contributed by atoms with E-state index in [0.717, 1.165) is 5.69 Å². The van der Waals surface area contributed by atoms with Gasteiger partial charge in [-0.25, -0.2) is 14.3 Å². The quantitative estimate of drug-likeness (QED) is 0.415. The molecule has 0 saturated heterocycles. The molecule has 2 amide bonds. The van der Waals surface area contributed by atoms with Crippen LogP contribution in [0.15, 0.2) is 48.8 Å². The Morgan fingerprint density at radius 1 is 1.19 bits per heavy atom. The molecular weight excluding hydrogens is 344 g/mol. The lowest BCUT2D eigenvalue weighted by atomic mass is 10.1. The first-order valence-electron chi connectivity index (χ1n) is 8.13. The van der Waals surface area contributed by atoms with Crippen LogP contribution in [0.2, 0.25) is 0 Å². The van der Waals surface area contributed by atoms with Crippen molar-refractivity contribution < 1.29 is 23.6 Å². The molecule has 1 aromatic carbocycles. The van der Waals surface area contributed by atoms with Crippen LogP contribution in [-0.2, 0) is 4.79 Å². The third kappa shape index (κ3) is 8.93. The van der Waals surface area contributed by atoms with Crippen LogP contribution in [-0.4, -0.2) is 34.6 Å². The first-order valence-corrected chi connectivity index (χ1v) is 8.13. The van der Waals surface area contributed by atoms with Crippen LogP contribution in [0.4, 0.5) is 8.78 Å². The number of rotatable bonds is 6. The van der Waals surface area contributed by atoms with Crippen molar-refractivity contribution in [2.45, 2.75) is 39.7 Å². The van der Waals surface area contributed by atoms with Crippen LogP contribution in [0.3, 0.4) is 0 Å². The van der Waals surface area contributed by atoms with Crippen LogP contribution in [0.5, 0.6) is 0 Å². The fraction of sp³-hybridized carbons (Fsp3) is 0.333. The summed E-state index contributed by atoms with van der Waals surface area (Å²) in [6.07, 6.45) is 1.23. The highest BCUT2D eigenvalue weighted by atomic mass is 19.3. The molecule has 0 aliphatic rings. The maximum Gasteiger partial charge on any atom is 0.251 e. The zero-order valence-electron chi connectivity index (χ0n) is 15.0. The van der Waals surface area contributed by atoms with E-state index in [2.05, 4.69) is 5.32 Å². The van der Waals surface area contributed by atoms with Gasteiger partial charge in [0.2, 0.25) is 12.8 Å². The van der Waals surface area contributed by atoms with Gasteiger partial charge in [0, 0.05) is 36.1 Å². The number of hydrogen-bond donors (Lipinski definition) is 3. The summed E-state index contributed by atoms with van der Waals surface area (Å²) in [7, 11) is 0. The molecule has 3 N–H and O–H groups in total. The largest absolute Gasteiger partial charge is 0.349 e. The highest BCUT2D eigenvalue weighted by Gasteiger charge is 2.14. The van der Waals surface area contributed by atoms with Crippen molar-refractivity contribution in [3.63, 3.8) is 0 Å². The highest BCUT2D eigenvalue weighted by Crippen LogP contribution is 2.11. The van der Waals surface area contributed by atoms with Crippen molar-refractivity contribution in [1.29, 1.82) is 0 Å². The minimum atomic E-state index is -2.42. The number of benzene rings is 1. The number of carbonyl (C=O) groups excluding carboxylic acids is 2. The van der Waals surface area contributed by atoms with Gasteiger partial charge in [-0.3, -0.25) is 14.8 Å². The number of halogens is 2. The van der Waals surface area contributed by atoms with Gasteiger partial charge >= 0.3 is 0 Å². The molecule has 6 nitrogen and oxygen atoms in total. The average molecular weight is 369 g/mol. The van der Waals surface area contributed by atoms with E-state index in [1.54, 1.807) is 19.1 Å². The Balaban J connectivity index is 0.000000920. The van der Waals surface area contributed by atoms with E-state index in [1.807, 2.05) is 55.1 Å². The summed E-state index contributed by atoms with van der Waals surface area (Å²) in [4.78, 5) is 20.7. The molecule has 1 heterocycles. The summed E-state index contributed by atoms with van der Waals surface area (Å²) in [5, 5.41) is 9.81. The Labute approximate surface area is 151 Å². The third-order valence-corrected chi connectivity index (χ3v) is 2.99. The van der Waals surface area contributed by atoms with Gasteiger partial charge in [0.15, 0.2) is 0 Å². The van der Waals surface area contributed by atoms with Gasteiger partial charge in [0.05, 0.1) is 0 Å². The number of hydrogen-bond acceptors (Lipinski definition) is 3. The minimum Gasteiger partial charge on any atom is -0.349 e. The Hall–Kier alpha value is -2.74. The fourth-order valence-corrected chi connectivity index (χ4v) is 1.92. The molecular formula is C18H25F2N3O3. The van der Waals surface area contributed by atoms with Gasteiger partial charge < -0.3 is 9.88 Å². The van der Waals surface area contributed by atoms with E-state index in [0.29, 0.717) is 5.56 Å². The predicted octanol–water partition coefficient (Wildman–Crippen LogP) is 3.40.